The first-order valence-electron chi connectivity index (χ1n) is 8.82. The van der Waals surface area contributed by atoms with E-state index in [-0.39, 0.29) is 64.7 Å². The van der Waals surface area contributed by atoms with Crippen LogP contribution in [0.5, 0.6) is 0 Å². The Bertz CT molecular complexity index is 453. The van der Waals surface area contributed by atoms with Gasteiger partial charge in [-0.15, -0.1) is 0 Å². The van der Waals surface area contributed by atoms with E-state index < -0.39 is 23.8 Å². The fourth-order valence-electron chi connectivity index (χ4n) is 3.72. The summed E-state index contributed by atoms with van der Waals surface area (Å²) in [5.74, 6) is -4.93. The lowest BCUT2D eigenvalue weighted by Gasteiger charge is -2.39. The van der Waals surface area contributed by atoms with Crippen LogP contribution in [0.25, 0.3) is 0 Å². The zero-order valence-electron chi connectivity index (χ0n) is 14.7. The number of ether oxygens (including phenoxy) is 4. The molecule has 9 heteroatoms. The van der Waals surface area contributed by atoms with Crippen LogP contribution in [0.15, 0.2) is 12.2 Å². The molecule has 1 saturated carbocycles. The lowest BCUT2D eigenvalue weighted by atomic mass is 9.81. The summed E-state index contributed by atoms with van der Waals surface area (Å²) >= 11 is 0. The highest BCUT2D eigenvalue weighted by Crippen LogP contribution is 2.52. The highest BCUT2D eigenvalue weighted by Gasteiger charge is 2.58. The first-order chi connectivity index (χ1) is 12.5. The van der Waals surface area contributed by atoms with Crippen LogP contribution in [-0.2, 0) is 23.7 Å². The van der Waals surface area contributed by atoms with Crippen molar-refractivity contribution >= 4 is 5.97 Å². The molecule has 0 aromatic carbocycles. The Labute approximate surface area is 152 Å². The summed E-state index contributed by atoms with van der Waals surface area (Å²) in [6, 6.07) is 0. The van der Waals surface area contributed by atoms with Crippen LogP contribution in [0.3, 0.4) is 0 Å². The van der Waals surface area contributed by atoms with E-state index in [4.69, 9.17) is 29.2 Å². The summed E-state index contributed by atoms with van der Waals surface area (Å²) in [5, 5.41) is 38.0. The summed E-state index contributed by atoms with van der Waals surface area (Å²) in [5.41, 5.74) is 0. The first kappa shape index (κ1) is 21.2. The second-order valence-corrected chi connectivity index (χ2v) is 6.34. The van der Waals surface area contributed by atoms with E-state index in [1.54, 1.807) is 0 Å². The third-order valence-electron chi connectivity index (χ3n) is 4.71. The third-order valence-corrected chi connectivity index (χ3v) is 4.71. The lowest BCUT2D eigenvalue weighted by molar-refractivity contribution is -0.396. The van der Waals surface area contributed by atoms with E-state index in [1.807, 2.05) is 12.2 Å². The van der Waals surface area contributed by atoms with Gasteiger partial charge in [0.25, 0.3) is 5.97 Å². The number of allylic oxidation sites excluding steroid dienone is 2. The van der Waals surface area contributed by atoms with Gasteiger partial charge in [-0.1, -0.05) is 12.2 Å². The van der Waals surface area contributed by atoms with E-state index >= 15 is 0 Å². The van der Waals surface area contributed by atoms with Gasteiger partial charge in [0.1, 0.15) is 0 Å². The number of aliphatic carboxylic acids is 1. The molecule has 0 heterocycles. The zero-order chi connectivity index (χ0) is 19.0. The maximum Gasteiger partial charge on any atom is 0.307 e. The molecular weight excluding hydrogens is 348 g/mol. The highest BCUT2D eigenvalue weighted by molar-refractivity contribution is 5.72. The number of hydrogen-bond donors (Lipinski definition) is 4. The van der Waals surface area contributed by atoms with Crippen LogP contribution < -0.4 is 0 Å². The summed E-state index contributed by atoms with van der Waals surface area (Å²) in [6.45, 7) is 0.264. The Morgan fingerprint density at radius 2 is 1.46 bits per heavy atom. The number of hydrogen-bond acceptors (Lipinski definition) is 8. The number of rotatable bonds is 14. The first-order valence-corrected chi connectivity index (χ1v) is 8.82. The van der Waals surface area contributed by atoms with Crippen LogP contribution in [0, 0.1) is 23.7 Å². The van der Waals surface area contributed by atoms with E-state index in [9.17, 15) is 15.0 Å². The SMILES string of the molecule is O=C(O)C1C2C=CC(C2)C1C(O)(OCCOCCO)OCCOCCO. The molecule has 2 rings (SSSR count). The van der Waals surface area contributed by atoms with Crippen LogP contribution in [-0.4, -0.2) is 85.2 Å². The van der Waals surface area contributed by atoms with Crippen molar-refractivity contribution in [2.75, 3.05) is 52.9 Å². The number of aliphatic hydroxyl groups is 3. The van der Waals surface area contributed by atoms with Crippen molar-refractivity contribution in [1.82, 2.24) is 0 Å². The van der Waals surface area contributed by atoms with Crippen molar-refractivity contribution in [3.63, 3.8) is 0 Å². The van der Waals surface area contributed by atoms with E-state index in [1.165, 1.54) is 0 Å². The molecule has 0 aromatic rings. The van der Waals surface area contributed by atoms with E-state index in [0.717, 1.165) is 0 Å². The molecule has 4 N–H and O–H groups in total. The van der Waals surface area contributed by atoms with Gasteiger partial charge in [-0.05, 0) is 18.3 Å². The van der Waals surface area contributed by atoms with Gasteiger partial charge < -0.3 is 39.4 Å². The minimum absolute atomic E-state index is 0.0159. The Balaban J connectivity index is 2.01. The molecule has 0 spiro atoms. The topological polar surface area (TPSA) is 135 Å². The van der Waals surface area contributed by atoms with Gasteiger partial charge in [-0.25, -0.2) is 0 Å². The molecule has 150 valence electrons. The molecule has 0 saturated heterocycles. The van der Waals surface area contributed by atoms with Crippen molar-refractivity contribution in [3.05, 3.63) is 12.2 Å². The van der Waals surface area contributed by atoms with Gasteiger partial charge in [-0.3, -0.25) is 4.79 Å². The van der Waals surface area contributed by atoms with Crippen molar-refractivity contribution < 1.29 is 44.2 Å². The Morgan fingerprint density at radius 1 is 0.923 bits per heavy atom. The molecule has 4 atom stereocenters. The molecule has 0 aliphatic heterocycles. The third kappa shape index (κ3) is 5.23. The molecule has 2 aliphatic rings. The molecule has 26 heavy (non-hydrogen) atoms. The molecule has 2 aliphatic carbocycles. The molecule has 1 fully saturated rings. The van der Waals surface area contributed by atoms with Crippen LogP contribution in [0.2, 0.25) is 0 Å². The van der Waals surface area contributed by atoms with Crippen LogP contribution in [0.1, 0.15) is 6.42 Å². The smallest absolute Gasteiger partial charge is 0.307 e. The Kier molecular flexibility index (Phi) is 8.42. The monoisotopic (exact) mass is 376 g/mol. The zero-order valence-corrected chi connectivity index (χ0v) is 14.7. The van der Waals surface area contributed by atoms with Crippen molar-refractivity contribution in [2.24, 2.45) is 23.7 Å². The van der Waals surface area contributed by atoms with Crippen molar-refractivity contribution in [3.8, 4) is 0 Å². The van der Waals surface area contributed by atoms with Gasteiger partial charge in [-0.2, -0.15) is 0 Å². The van der Waals surface area contributed by atoms with Gasteiger partial charge in [0.2, 0.25) is 0 Å². The second-order valence-electron chi connectivity index (χ2n) is 6.34. The van der Waals surface area contributed by atoms with Gasteiger partial charge >= 0.3 is 5.97 Å². The maximum absolute atomic E-state index is 11.7. The number of fused-ring (bicyclic) bond motifs is 2. The lowest BCUT2D eigenvalue weighted by Crippen LogP contribution is -2.51. The van der Waals surface area contributed by atoms with Gasteiger partial charge in [0.15, 0.2) is 0 Å². The minimum atomic E-state index is -2.08. The molecule has 0 amide bonds. The predicted octanol–water partition coefficient (Wildman–Crippen LogP) is -0.794. The molecule has 0 aromatic heterocycles. The molecular formula is C17H28O9. The van der Waals surface area contributed by atoms with Gasteiger partial charge in [0, 0.05) is 0 Å². The number of carbonyl (C=O) groups is 1. The summed E-state index contributed by atoms with van der Waals surface area (Å²) < 4.78 is 21.3. The fourth-order valence-corrected chi connectivity index (χ4v) is 3.72. The Hall–Kier alpha value is -1.07. The second kappa shape index (κ2) is 10.3. The summed E-state index contributed by atoms with van der Waals surface area (Å²) in [4.78, 5) is 11.7. The molecule has 9 nitrogen and oxygen atoms in total. The van der Waals surface area contributed by atoms with E-state index in [2.05, 4.69) is 0 Å². The standard InChI is InChI=1S/C17H28O9/c18-3-5-23-7-9-25-17(22,26-10-8-24-6-4-19)15-13-2-1-12(11-13)14(15)16(20)21/h1-2,12-15,18-19,22H,3-11H2,(H,20,21). The molecule has 0 radical (unpaired) electrons. The average molecular weight is 376 g/mol. The van der Waals surface area contributed by atoms with Crippen LogP contribution >= 0.6 is 0 Å². The van der Waals surface area contributed by atoms with Crippen LogP contribution in [0.4, 0.5) is 0 Å². The molecule has 4 unspecified atom stereocenters. The number of carboxylic acids is 1. The Morgan fingerprint density at radius 3 is 1.96 bits per heavy atom. The molecule has 2 bridgehead atoms. The quantitative estimate of drug-likeness (QED) is 0.175. The van der Waals surface area contributed by atoms with E-state index in [0.29, 0.717) is 6.42 Å². The highest BCUT2D eigenvalue weighted by atomic mass is 16.8. The van der Waals surface area contributed by atoms with Crippen molar-refractivity contribution in [1.29, 1.82) is 0 Å². The largest absolute Gasteiger partial charge is 0.481 e. The number of carboxylic acid groups (broad SMARTS) is 1. The normalized spacial score (nSPS) is 27.3. The number of aliphatic hydroxyl groups excluding tert-OH is 2. The van der Waals surface area contributed by atoms with Crippen molar-refractivity contribution in [2.45, 2.75) is 12.4 Å². The minimum Gasteiger partial charge on any atom is -0.481 e. The summed E-state index contributed by atoms with van der Waals surface area (Å²) in [7, 11) is 0. The average Bonchev–Trinajstić information content (AvgIpc) is 3.23. The maximum atomic E-state index is 11.7. The fraction of sp³-hybridized carbons (Fsp3) is 0.824. The predicted molar refractivity (Wildman–Crippen MR) is 88.0 cm³/mol. The van der Waals surface area contributed by atoms with Gasteiger partial charge in [0.05, 0.1) is 64.7 Å². The summed E-state index contributed by atoms with van der Waals surface area (Å²) in [6.07, 6.45) is 4.41.